The molecule has 1 unspecified atom stereocenters. The van der Waals surface area contributed by atoms with Crippen molar-refractivity contribution in [3.63, 3.8) is 0 Å². The Kier molecular flexibility index (Phi) is 4.14. The molecule has 0 saturated carbocycles. The lowest BCUT2D eigenvalue weighted by Gasteiger charge is -2.14. The molecule has 0 aliphatic heterocycles. The van der Waals surface area contributed by atoms with Gasteiger partial charge in [-0.3, -0.25) is 4.74 Å². The molecule has 0 spiro atoms. The van der Waals surface area contributed by atoms with Crippen LogP contribution in [0.4, 0.5) is 22.0 Å². The Morgan fingerprint density at radius 1 is 1.19 bits per heavy atom. The molecule has 1 atom stereocenters. The molecule has 1 aromatic carbocycles. The number of halogens is 7. The van der Waals surface area contributed by atoms with Crippen LogP contribution in [-0.4, -0.2) is 6.36 Å². The highest BCUT2D eigenvalue weighted by Crippen LogP contribution is 2.34. The van der Waals surface area contributed by atoms with Gasteiger partial charge in [-0.2, -0.15) is 0 Å². The number of hydrogen-bond donors (Lipinski definition) is 0. The van der Waals surface area contributed by atoms with Crippen molar-refractivity contribution in [2.75, 3.05) is 0 Å². The van der Waals surface area contributed by atoms with Crippen molar-refractivity contribution in [3.8, 4) is 0 Å². The van der Waals surface area contributed by atoms with E-state index in [1.54, 1.807) is 0 Å². The minimum atomic E-state index is -5.07. The fourth-order valence-corrected chi connectivity index (χ4v) is 1.66. The highest BCUT2D eigenvalue weighted by molar-refractivity contribution is 9.10. The van der Waals surface area contributed by atoms with Gasteiger partial charge in [0.05, 0.1) is 5.56 Å². The summed E-state index contributed by atoms with van der Waals surface area (Å²) in [5, 5.41) is 0. The molecular formula is C8H3BrClF5O. The number of benzene rings is 1. The number of rotatable bonds is 2. The van der Waals surface area contributed by atoms with Crippen molar-refractivity contribution < 1.29 is 26.7 Å². The third-order valence-corrected chi connectivity index (χ3v) is 2.27. The van der Waals surface area contributed by atoms with Gasteiger partial charge in [0.2, 0.25) is 0 Å². The molecule has 90 valence electrons. The molecule has 0 aromatic heterocycles. The number of alkyl halides is 4. The van der Waals surface area contributed by atoms with Gasteiger partial charge in [-0.05, 0) is 12.1 Å². The lowest BCUT2D eigenvalue weighted by atomic mass is 10.2. The van der Waals surface area contributed by atoms with Crippen LogP contribution >= 0.6 is 27.5 Å². The number of hydrogen-bond acceptors (Lipinski definition) is 1. The van der Waals surface area contributed by atoms with Crippen LogP contribution < -0.4 is 0 Å². The summed E-state index contributed by atoms with van der Waals surface area (Å²) >= 11 is 7.89. The Labute approximate surface area is 100 Å². The zero-order valence-electron chi connectivity index (χ0n) is 7.29. The van der Waals surface area contributed by atoms with E-state index in [4.69, 9.17) is 11.6 Å². The van der Waals surface area contributed by atoms with Gasteiger partial charge in [0.1, 0.15) is 11.6 Å². The SMILES string of the molecule is Fc1cc(Br)cc(F)c1C(Cl)OC(F)(F)F. The molecular weight excluding hydrogens is 322 g/mol. The van der Waals surface area contributed by atoms with E-state index >= 15 is 0 Å². The van der Waals surface area contributed by atoms with E-state index in [0.717, 1.165) is 12.1 Å². The summed E-state index contributed by atoms with van der Waals surface area (Å²) in [7, 11) is 0. The molecule has 0 heterocycles. The van der Waals surface area contributed by atoms with Gasteiger partial charge in [0.25, 0.3) is 0 Å². The Bertz CT molecular complexity index is 372. The van der Waals surface area contributed by atoms with Crippen molar-refractivity contribution in [1.82, 2.24) is 0 Å². The Balaban J connectivity index is 3.04. The summed E-state index contributed by atoms with van der Waals surface area (Å²) in [5.74, 6) is -2.45. The predicted molar refractivity (Wildman–Crippen MR) is 49.8 cm³/mol. The van der Waals surface area contributed by atoms with E-state index in [2.05, 4.69) is 20.7 Å². The molecule has 1 nitrogen and oxygen atoms in total. The molecule has 8 heteroatoms. The third kappa shape index (κ3) is 3.57. The van der Waals surface area contributed by atoms with Crippen LogP contribution in [-0.2, 0) is 4.74 Å². The molecule has 16 heavy (non-hydrogen) atoms. The van der Waals surface area contributed by atoms with Crippen molar-refractivity contribution in [3.05, 3.63) is 33.8 Å². The number of ether oxygens (including phenoxy) is 1. The summed E-state index contributed by atoms with van der Waals surface area (Å²) in [6.07, 6.45) is -5.07. The van der Waals surface area contributed by atoms with Crippen LogP contribution in [0.25, 0.3) is 0 Å². The summed E-state index contributed by atoms with van der Waals surface area (Å²) in [4.78, 5) is 0. The van der Waals surface area contributed by atoms with Gasteiger partial charge >= 0.3 is 6.36 Å². The van der Waals surface area contributed by atoms with Crippen molar-refractivity contribution in [1.29, 1.82) is 0 Å². The highest BCUT2D eigenvalue weighted by Gasteiger charge is 2.35. The summed E-state index contributed by atoms with van der Waals surface area (Å²) in [6, 6.07) is 1.57. The predicted octanol–water partition coefficient (Wildman–Crippen LogP) is 4.50. The molecule has 1 rings (SSSR count). The first-order chi connectivity index (χ1) is 7.20. The second-order valence-electron chi connectivity index (χ2n) is 2.66. The fraction of sp³-hybridized carbons (Fsp3) is 0.250. The fourth-order valence-electron chi connectivity index (χ4n) is 0.946. The lowest BCUT2D eigenvalue weighted by molar-refractivity contribution is -0.333. The maximum Gasteiger partial charge on any atom is 0.524 e. The van der Waals surface area contributed by atoms with Crippen molar-refractivity contribution in [2.24, 2.45) is 0 Å². The van der Waals surface area contributed by atoms with Gasteiger partial charge in [-0.1, -0.05) is 27.5 Å². The second kappa shape index (κ2) is 4.85. The van der Waals surface area contributed by atoms with Gasteiger partial charge < -0.3 is 0 Å². The first-order valence-electron chi connectivity index (χ1n) is 3.74. The second-order valence-corrected chi connectivity index (χ2v) is 3.97. The zero-order chi connectivity index (χ0) is 12.5. The van der Waals surface area contributed by atoms with E-state index < -0.39 is 29.1 Å². The Hall–Kier alpha value is -0.400. The molecule has 0 aliphatic rings. The van der Waals surface area contributed by atoms with Crippen LogP contribution in [0.3, 0.4) is 0 Å². The summed E-state index contributed by atoms with van der Waals surface area (Å²) in [6.45, 7) is 0. The topological polar surface area (TPSA) is 9.23 Å². The quantitative estimate of drug-likeness (QED) is 0.574. The van der Waals surface area contributed by atoms with E-state index in [0.29, 0.717) is 0 Å². The van der Waals surface area contributed by atoms with Gasteiger partial charge in [-0.25, -0.2) is 8.78 Å². The zero-order valence-corrected chi connectivity index (χ0v) is 9.63. The maximum absolute atomic E-state index is 13.1. The molecule has 0 saturated heterocycles. The smallest absolute Gasteiger partial charge is 0.268 e. The highest BCUT2D eigenvalue weighted by atomic mass is 79.9. The monoisotopic (exact) mass is 324 g/mol. The standard InChI is InChI=1S/C8H3BrClF5O/c9-3-1-4(11)6(5(12)2-3)7(10)16-8(13,14)15/h1-2,7H. The van der Waals surface area contributed by atoms with Crippen LogP contribution in [0, 0.1) is 11.6 Å². The average Bonchev–Trinajstić information content (AvgIpc) is 1.96. The van der Waals surface area contributed by atoms with Crippen molar-refractivity contribution >= 4 is 27.5 Å². The minimum Gasteiger partial charge on any atom is -0.268 e. The summed E-state index contributed by atoms with van der Waals surface area (Å²) in [5.41, 5.74) is -3.25. The minimum absolute atomic E-state index is 0.0436. The van der Waals surface area contributed by atoms with Gasteiger partial charge in [0.15, 0.2) is 5.56 Å². The van der Waals surface area contributed by atoms with Crippen LogP contribution in [0.1, 0.15) is 11.1 Å². The third-order valence-electron chi connectivity index (χ3n) is 1.51. The first-order valence-corrected chi connectivity index (χ1v) is 4.96. The van der Waals surface area contributed by atoms with E-state index in [9.17, 15) is 22.0 Å². The molecule has 1 aromatic rings. The lowest BCUT2D eigenvalue weighted by Crippen LogP contribution is -2.16. The largest absolute Gasteiger partial charge is 0.524 e. The van der Waals surface area contributed by atoms with Crippen LogP contribution in [0.2, 0.25) is 0 Å². The normalized spacial score (nSPS) is 13.9. The Morgan fingerprint density at radius 3 is 2.00 bits per heavy atom. The maximum atomic E-state index is 13.1. The molecule has 0 radical (unpaired) electrons. The van der Waals surface area contributed by atoms with E-state index in [-0.39, 0.29) is 4.47 Å². The van der Waals surface area contributed by atoms with E-state index in [1.165, 1.54) is 0 Å². The van der Waals surface area contributed by atoms with Crippen LogP contribution in [0.5, 0.6) is 0 Å². The van der Waals surface area contributed by atoms with Crippen LogP contribution in [0.15, 0.2) is 16.6 Å². The van der Waals surface area contributed by atoms with Crippen molar-refractivity contribution in [2.45, 2.75) is 11.9 Å². The molecule has 0 bridgehead atoms. The summed E-state index contributed by atoms with van der Waals surface area (Å²) < 4.78 is 64.9. The molecule has 0 aliphatic carbocycles. The Morgan fingerprint density at radius 2 is 1.62 bits per heavy atom. The molecule has 0 N–H and O–H groups in total. The first kappa shape index (κ1) is 13.7. The average molecular weight is 325 g/mol. The molecule has 0 amide bonds. The van der Waals surface area contributed by atoms with Gasteiger partial charge in [-0.15, -0.1) is 13.2 Å². The van der Waals surface area contributed by atoms with E-state index in [1.807, 2.05) is 0 Å². The molecule has 0 fully saturated rings. The van der Waals surface area contributed by atoms with Gasteiger partial charge in [0, 0.05) is 4.47 Å².